The lowest BCUT2D eigenvalue weighted by atomic mass is 10.1. The first-order valence-electron chi connectivity index (χ1n) is 6.79. The van der Waals surface area contributed by atoms with Gasteiger partial charge in [-0.15, -0.1) is 0 Å². The molecule has 0 bridgehead atoms. The molecule has 23 heavy (non-hydrogen) atoms. The number of rotatable bonds is 2. The van der Waals surface area contributed by atoms with E-state index < -0.39 is 11.5 Å². The standard InChI is InChI=1S/C17H12ClNO4/c1-9-13(18)3-2-4-14(9)19-16(21)12-7-10-5-6-11(20)8-15(10)23-17(12)22/h2-8,20H,1H3,(H,19,21). The lowest BCUT2D eigenvalue weighted by Gasteiger charge is -2.09. The summed E-state index contributed by atoms with van der Waals surface area (Å²) in [6, 6.07) is 10.9. The van der Waals surface area contributed by atoms with Crippen LogP contribution >= 0.6 is 11.6 Å². The van der Waals surface area contributed by atoms with Gasteiger partial charge in [0.25, 0.3) is 5.91 Å². The lowest BCUT2D eigenvalue weighted by molar-refractivity contribution is 0.102. The van der Waals surface area contributed by atoms with Gasteiger partial charge in [0.15, 0.2) is 0 Å². The van der Waals surface area contributed by atoms with Gasteiger partial charge in [-0.1, -0.05) is 17.7 Å². The molecular formula is C17H12ClNO4. The molecule has 0 saturated carbocycles. The summed E-state index contributed by atoms with van der Waals surface area (Å²) in [4.78, 5) is 24.3. The summed E-state index contributed by atoms with van der Waals surface area (Å²) in [6.45, 7) is 1.77. The number of fused-ring (bicyclic) bond motifs is 1. The Morgan fingerprint density at radius 2 is 2.00 bits per heavy atom. The maximum atomic E-state index is 12.3. The van der Waals surface area contributed by atoms with E-state index in [1.54, 1.807) is 31.2 Å². The number of halogens is 1. The molecule has 1 amide bonds. The first-order chi connectivity index (χ1) is 11.0. The number of benzene rings is 2. The number of amides is 1. The normalized spacial score (nSPS) is 10.7. The van der Waals surface area contributed by atoms with Crippen LogP contribution in [0.15, 0.2) is 51.7 Å². The third-order valence-corrected chi connectivity index (χ3v) is 3.89. The fourth-order valence-corrected chi connectivity index (χ4v) is 2.37. The van der Waals surface area contributed by atoms with E-state index in [1.807, 2.05) is 0 Å². The molecule has 1 aromatic heterocycles. The Morgan fingerprint density at radius 3 is 2.78 bits per heavy atom. The van der Waals surface area contributed by atoms with Crippen molar-refractivity contribution >= 4 is 34.2 Å². The van der Waals surface area contributed by atoms with Crippen LogP contribution in [0.1, 0.15) is 15.9 Å². The van der Waals surface area contributed by atoms with Crippen LogP contribution in [0.4, 0.5) is 5.69 Å². The number of aromatic hydroxyl groups is 1. The molecule has 0 unspecified atom stereocenters. The first-order valence-corrected chi connectivity index (χ1v) is 7.17. The minimum Gasteiger partial charge on any atom is -0.508 e. The van der Waals surface area contributed by atoms with Crippen molar-refractivity contribution in [2.24, 2.45) is 0 Å². The Morgan fingerprint density at radius 1 is 1.22 bits per heavy atom. The second kappa shape index (κ2) is 5.78. The van der Waals surface area contributed by atoms with Gasteiger partial charge in [0, 0.05) is 22.2 Å². The van der Waals surface area contributed by atoms with Gasteiger partial charge in [-0.3, -0.25) is 4.79 Å². The van der Waals surface area contributed by atoms with Crippen molar-refractivity contribution in [2.45, 2.75) is 6.92 Å². The SMILES string of the molecule is Cc1c(Cl)cccc1NC(=O)c1cc2ccc(O)cc2oc1=O. The molecule has 0 fully saturated rings. The molecule has 0 radical (unpaired) electrons. The molecule has 5 nitrogen and oxygen atoms in total. The molecule has 0 aliphatic carbocycles. The lowest BCUT2D eigenvalue weighted by Crippen LogP contribution is -2.21. The predicted octanol–water partition coefficient (Wildman–Crippen LogP) is 3.71. The molecule has 0 saturated heterocycles. The van der Waals surface area contributed by atoms with Crippen LogP contribution < -0.4 is 10.9 Å². The van der Waals surface area contributed by atoms with Crippen molar-refractivity contribution in [1.82, 2.24) is 0 Å². The topological polar surface area (TPSA) is 79.5 Å². The molecule has 2 N–H and O–H groups in total. The van der Waals surface area contributed by atoms with Gasteiger partial charge in [-0.2, -0.15) is 0 Å². The number of carbonyl (C=O) groups excluding carboxylic acids is 1. The summed E-state index contributed by atoms with van der Waals surface area (Å²) >= 11 is 6.01. The van der Waals surface area contributed by atoms with E-state index in [0.29, 0.717) is 21.7 Å². The summed E-state index contributed by atoms with van der Waals surface area (Å²) in [5.41, 5.74) is 0.540. The van der Waals surface area contributed by atoms with Crippen molar-refractivity contribution in [3.8, 4) is 5.75 Å². The number of hydrogen-bond donors (Lipinski definition) is 2. The van der Waals surface area contributed by atoms with Gasteiger partial charge in [0.1, 0.15) is 16.9 Å². The Hall–Kier alpha value is -2.79. The third-order valence-electron chi connectivity index (χ3n) is 3.48. The zero-order chi connectivity index (χ0) is 16.6. The van der Waals surface area contributed by atoms with Gasteiger partial charge in [0.05, 0.1) is 0 Å². The van der Waals surface area contributed by atoms with Crippen LogP contribution in [-0.2, 0) is 0 Å². The largest absolute Gasteiger partial charge is 0.508 e. The van der Waals surface area contributed by atoms with E-state index in [2.05, 4.69) is 5.32 Å². The monoisotopic (exact) mass is 329 g/mol. The number of carbonyl (C=O) groups is 1. The predicted molar refractivity (Wildman–Crippen MR) is 88.3 cm³/mol. The number of nitrogens with one attached hydrogen (secondary N) is 1. The van der Waals surface area contributed by atoms with Crippen LogP contribution in [0.5, 0.6) is 5.75 Å². The highest BCUT2D eigenvalue weighted by Crippen LogP contribution is 2.24. The molecule has 2 aromatic carbocycles. The van der Waals surface area contributed by atoms with Crippen molar-refractivity contribution in [1.29, 1.82) is 0 Å². The molecular weight excluding hydrogens is 318 g/mol. The van der Waals surface area contributed by atoms with Crippen LogP contribution in [0, 0.1) is 6.92 Å². The molecule has 1 heterocycles. The summed E-state index contributed by atoms with van der Waals surface area (Å²) in [7, 11) is 0. The number of anilines is 1. The number of phenols is 1. The highest BCUT2D eigenvalue weighted by Gasteiger charge is 2.15. The number of hydrogen-bond acceptors (Lipinski definition) is 4. The van der Waals surface area contributed by atoms with Gasteiger partial charge < -0.3 is 14.8 Å². The quantitative estimate of drug-likeness (QED) is 0.702. The third kappa shape index (κ3) is 2.91. The molecule has 3 aromatic rings. The maximum absolute atomic E-state index is 12.3. The van der Waals surface area contributed by atoms with Gasteiger partial charge in [-0.25, -0.2) is 4.79 Å². The average Bonchev–Trinajstić information content (AvgIpc) is 2.51. The van der Waals surface area contributed by atoms with Crippen molar-refractivity contribution in [2.75, 3.05) is 5.32 Å². The van der Waals surface area contributed by atoms with E-state index in [0.717, 1.165) is 0 Å². The molecule has 116 valence electrons. The zero-order valence-corrected chi connectivity index (χ0v) is 12.8. The Balaban J connectivity index is 2.01. The van der Waals surface area contributed by atoms with Crippen LogP contribution in [0.25, 0.3) is 11.0 Å². The minimum atomic E-state index is -0.778. The zero-order valence-electron chi connectivity index (χ0n) is 12.1. The maximum Gasteiger partial charge on any atom is 0.349 e. The van der Waals surface area contributed by atoms with E-state index in [4.69, 9.17) is 16.0 Å². The van der Waals surface area contributed by atoms with Gasteiger partial charge >= 0.3 is 5.63 Å². The molecule has 0 aliphatic heterocycles. The fourth-order valence-electron chi connectivity index (χ4n) is 2.19. The summed E-state index contributed by atoms with van der Waals surface area (Å²) in [6.07, 6.45) is 0. The van der Waals surface area contributed by atoms with Crippen LogP contribution in [-0.4, -0.2) is 11.0 Å². The summed E-state index contributed by atoms with van der Waals surface area (Å²) in [5, 5.41) is 13.1. The van der Waals surface area contributed by atoms with Crippen LogP contribution in [0.2, 0.25) is 5.02 Å². The van der Waals surface area contributed by atoms with E-state index in [1.165, 1.54) is 18.2 Å². The van der Waals surface area contributed by atoms with Crippen molar-refractivity contribution in [3.05, 3.63) is 69.0 Å². The summed E-state index contributed by atoms with van der Waals surface area (Å²) in [5.74, 6) is -0.605. The first kappa shape index (κ1) is 15.1. The highest BCUT2D eigenvalue weighted by atomic mass is 35.5. The van der Waals surface area contributed by atoms with Gasteiger partial charge in [0.2, 0.25) is 0 Å². The molecule has 3 rings (SSSR count). The molecule has 0 atom stereocenters. The van der Waals surface area contributed by atoms with E-state index >= 15 is 0 Å². The second-order valence-corrected chi connectivity index (χ2v) is 5.44. The smallest absolute Gasteiger partial charge is 0.349 e. The van der Waals surface area contributed by atoms with Crippen LogP contribution in [0.3, 0.4) is 0 Å². The minimum absolute atomic E-state index is 0.0209. The average molecular weight is 330 g/mol. The number of phenolic OH excluding ortho intramolecular Hbond substituents is 1. The van der Waals surface area contributed by atoms with E-state index in [9.17, 15) is 14.7 Å². The second-order valence-electron chi connectivity index (χ2n) is 5.04. The summed E-state index contributed by atoms with van der Waals surface area (Å²) < 4.78 is 5.08. The molecule has 0 spiro atoms. The fraction of sp³-hybridized carbons (Fsp3) is 0.0588. The molecule has 6 heteroatoms. The van der Waals surface area contributed by atoms with Crippen molar-refractivity contribution in [3.63, 3.8) is 0 Å². The molecule has 0 aliphatic rings. The Labute approximate surface area is 136 Å². The van der Waals surface area contributed by atoms with Crippen molar-refractivity contribution < 1.29 is 14.3 Å². The Bertz CT molecular complexity index is 978. The Kier molecular flexibility index (Phi) is 3.80. The van der Waals surface area contributed by atoms with E-state index in [-0.39, 0.29) is 16.9 Å². The highest BCUT2D eigenvalue weighted by molar-refractivity contribution is 6.31. The van der Waals surface area contributed by atoms with Gasteiger partial charge in [-0.05, 0) is 42.8 Å².